The summed E-state index contributed by atoms with van der Waals surface area (Å²) in [4.78, 5) is 0. The average Bonchev–Trinajstić information content (AvgIpc) is 2.05. The molecule has 1 aliphatic rings. The molecule has 1 aliphatic heterocycles. The Morgan fingerprint density at radius 3 is 2.91 bits per heavy atom. The van der Waals surface area contributed by atoms with Crippen LogP contribution in [0.15, 0.2) is 0 Å². The summed E-state index contributed by atoms with van der Waals surface area (Å²) in [5.41, 5.74) is 5.76. The molecule has 11 heavy (non-hydrogen) atoms. The molecule has 0 aromatic carbocycles. The Balaban J connectivity index is 2.37. The van der Waals surface area contributed by atoms with Crippen LogP contribution in [0.4, 0.5) is 0 Å². The van der Waals surface area contributed by atoms with Crippen molar-refractivity contribution in [1.29, 1.82) is 0 Å². The van der Waals surface area contributed by atoms with E-state index in [2.05, 4.69) is 6.92 Å². The Morgan fingerprint density at radius 2 is 2.36 bits per heavy atom. The number of rotatable bonds is 2. The van der Waals surface area contributed by atoms with E-state index in [9.17, 15) is 0 Å². The highest BCUT2D eigenvalue weighted by molar-refractivity contribution is 4.81. The van der Waals surface area contributed by atoms with E-state index < -0.39 is 0 Å². The lowest BCUT2D eigenvalue weighted by atomic mass is 10.0. The third-order valence-corrected chi connectivity index (χ3v) is 2.26. The summed E-state index contributed by atoms with van der Waals surface area (Å²) in [6, 6.07) is 0.0581. The molecule has 0 saturated carbocycles. The number of nitrogens with two attached hydrogens (primary N) is 1. The lowest BCUT2D eigenvalue weighted by Crippen LogP contribution is -2.47. The van der Waals surface area contributed by atoms with Crippen molar-refractivity contribution in [2.24, 2.45) is 5.73 Å². The molecule has 0 aliphatic carbocycles. The van der Waals surface area contributed by atoms with Gasteiger partial charge in [-0.3, -0.25) is 0 Å². The molecule has 0 bridgehead atoms. The van der Waals surface area contributed by atoms with Crippen LogP contribution < -0.4 is 5.73 Å². The summed E-state index contributed by atoms with van der Waals surface area (Å²) in [6.07, 6.45) is 2.52. The largest absolute Gasteiger partial charge is 0.380 e. The van der Waals surface area contributed by atoms with Gasteiger partial charge < -0.3 is 15.2 Å². The Morgan fingerprint density at radius 1 is 1.64 bits per heavy atom. The third kappa shape index (κ3) is 2.15. The molecule has 1 saturated heterocycles. The molecular weight excluding hydrogens is 142 g/mol. The lowest BCUT2D eigenvalue weighted by Gasteiger charge is -2.32. The molecule has 1 rings (SSSR count). The Kier molecular flexibility index (Phi) is 3.30. The van der Waals surface area contributed by atoms with Crippen molar-refractivity contribution in [2.75, 3.05) is 13.7 Å². The van der Waals surface area contributed by atoms with Crippen molar-refractivity contribution >= 4 is 0 Å². The van der Waals surface area contributed by atoms with Gasteiger partial charge >= 0.3 is 0 Å². The SMILES string of the molecule is CC[C@@H]1C[C@H](OC)[C@@H](N)CO1. The third-order valence-electron chi connectivity index (χ3n) is 2.26. The van der Waals surface area contributed by atoms with Gasteiger partial charge in [0.1, 0.15) is 0 Å². The molecule has 3 atom stereocenters. The molecule has 3 nitrogen and oxygen atoms in total. The first-order chi connectivity index (χ1) is 5.27. The van der Waals surface area contributed by atoms with Crippen molar-refractivity contribution in [3.8, 4) is 0 Å². The van der Waals surface area contributed by atoms with Gasteiger partial charge in [0.15, 0.2) is 0 Å². The number of hydrogen-bond donors (Lipinski definition) is 1. The van der Waals surface area contributed by atoms with Crippen molar-refractivity contribution in [3.63, 3.8) is 0 Å². The first-order valence-corrected chi connectivity index (χ1v) is 4.18. The van der Waals surface area contributed by atoms with Crippen LogP contribution in [-0.2, 0) is 9.47 Å². The molecule has 0 radical (unpaired) electrons. The summed E-state index contributed by atoms with van der Waals surface area (Å²) in [7, 11) is 1.71. The Hall–Kier alpha value is -0.120. The van der Waals surface area contributed by atoms with Gasteiger partial charge in [0, 0.05) is 13.5 Å². The van der Waals surface area contributed by atoms with E-state index in [0.29, 0.717) is 12.7 Å². The van der Waals surface area contributed by atoms with Gasteiger partial charge in [-0.2, -0.15) is 0 Å². The fourth-order valence-corrected chi connectivity index (χ4v) is 1.41. The summed E-state index contributed by atoms with van der Waals surface area (Å²) in [6.45, 7) is 2.76. The zero-order valence-corrected chi connectivity index (χ0v) is 7.25. The van der Waals surface area contributed by atoms with E-state index in [1.54, 1.807) is 7.11 Å². The van der Waals surface area contributed by atoms with Crippen LogP contribution >= 0.6 is 0 Å². The standard InChI is InChI=1S/C8H17NO2/c1-3-6-4-8(10-2)7(9)5-11-6/h6-8H,3-5,9H2,1-2H3/t6-,7+,8+/m1/s1. The fraction of sp³-hybridized carbons (Fsp3) is 1.00. The maximum Gasteiger partial charge on any atom is 0.0769 e. The Bertz CT molecular complexity index is 119. The summed E-state index contributed by atoms with van der Waals surface area (Å²) in [5.74, 6) is 0. The fourth-order valence-electron chi connectivity index (χ4n) is 1.41. The number of ether oxygens (including phenoxy) is 2. The zero-order valence-electron chi connectivity index (χ0n) is 7.25. The number of hydrogen-bond acceptors (Lipinski definition) is 3. The van der Waals surface area contributed by atoms with Crippen molar-refractivity contribution in [2.45, 2.75) is 38.0 Å². The van der Waals surface area contributed by atoms with E-state index in [4.69, 9.17) is 15.2 Å². The van der Waals surface area contributed by atoms with E-state index in [1.807, 2.05) is 0 Å². The normalized spacial score (nSPS) is 39.0. The van der Waals surface area contributed by atoms with Gasteiger partial charge in [0.2, 0.25) is 0 Å². The topological polar surface area (TPSA) is 44.5 Å². The minimum Gasteiger partial charge on any atom is -0.380 e. The molecule has 1 heterocycles. The minimum absolute atomic E-state index is 0.0581. The quantitative estimate of drug-likeness (QED) is 0.639. The first-order valence-electron chi connectivity index (χ1n) is 4.18. The molecule has 0 aromatic heterocycles. The first kappa shape index (κ1) is 8.97. The van der Waals surface area contributed by atoms with Crippen LogP contribution in [0.3, 0.4) is 0 Å². The van der Waals surface area contributed by atoms with E-state index in [1.165, 1.54) is 0 Å². The van der Waals surface area contributed by atoms with Crippen LogP contribution in [0.5, 0.6) is 0 Å². The molecule has 3 heteroatoms. The van der Waals surface area contributed by atoms with Crippen molar-refractivity contribution in [1.82, 2.24) is 0 Å². The highest BCUT2D eigenvalue weighted by Crippen LogP contribution is 2.17. The Labute approximate surface area is 67.9 Å². The van der Waals surface area contributed by atoms with Gasteiger partial charge in [-0.05, 0) is 6.42 Å². The second-order valence-electron chi connectivity index (χ2n) is 3.04. The molecule has 0 amide bonds. The number of methoxy groups -OCH3 is 1. The summed E-state index contributed by atoms with van der Waals surface area (Å²) >= 11 is 0. The van der Waals surface area contributed by atoms with Crippen molar-refractivity contribution in [3.05, 3.63) is 0 Å². The van der Waals surface area contributed by atoms with Crippen LogP contribution in [0.2, 0.25) is 0 Å². The highest BCUT2D eigenvalue weighted by atomic mass is 16.5. The van der Waals surface area contributed by atoms with Gasteiger partial charge in [-0.1, -0.05) is 6.92 Å². The van der Waals surface area contributed by atoms with Gasteiger partial charge in [-0.25, -0.2) is 0 Å². The van der Waals surface area contributed by atoms with Crippen LogP contribution in [-0.4, -0.2) is 32.0 Å². The zero-order chi connectivity index (χ0) is 8.27. The summed E-state index contributed by atoms with van der Waals surface area (Å²) in [5, 5.41) is 0. The van der Waals surface area contributed by atoms with E-state index >= 15 is 0 Å². The molecule has 0 aromatic rings. The molecular formula is C8H17NO2. The molecule has 66 valence electrons. The monoisotopic (exact) mass is 159 g/mol. The van der Waals surface area contributed by atoms with Gasteiger partial charge in [-0.15, -0.1) is 0 Å². The lowest BCUT2D eigenvalue weighted by molar-refractivity contribution is -0.0719. The highest BCUT2D eigenvalue weighted by Gasteiger charge is 2.27. The maximum atomic E-state index is 5.76. The molecule has 0 unspecified atom stereocenters. The minimum atomic E-state index is 0.0581. The second-order valence-corrected chi connectivity index (χ2v) is 3.04. The second kappa shape index (κ2) is 4.04. The van der Waals surface area contributed by atoms with Crippen LogP contribution in [0, 0.1) is 0 Å². The maximum absolute atomic E-state index is 5.76. The summed E-state index contributed by atoms with van der Waals surface area (Å²) < 4.78 is 10.7. The van der Waals surface area contributed by atoms with E-state index in [0.717, 1.165) is 12.8 Å². The molecule has 2 N–H and O–H groups in total. The predicted molar refractivity (Wildman–Crippen MR) is 43.4 cm³/mol. The smallest absolute Gasteiger partial charge is 0.0769 e. The van der Waals surface area contributed by atoms with Gasteiger partial charge in [0.05, 0.1) is 24.9 Å². The predicted octanol–water partition coefficient (Wildman–Crippen LogP) is 0.528. The van der Waals surface area contributed by atoms with Gasteiger partial charge in [0.25, 0.3) is 0 Å². The van der Waals surface area contributed by atoms with Crippen LogP contribution in [0.25, 0.3) is 0 Å². The molecule has 1 fully saturated rings. The van der Waals surface area contributed by atoms with E-state index in [-0.39, 0.29) is 12.1 Å². The van der Waals surface area contributed by atoms with Crippen LogP contribution in [0.1, 0.15) is 19.8 Å². The molecule has 0 spiro atoms. The van der Waals surface area contributed by atoms with Crippen molar-refractivity contribution < 1.29 is 9.47 Å². The average molecular weight is 159 g/mol.